The first-order valence-electron chi connectivity index (χ1n) is 10.2. The number of ether oxygens (including phenoxy) is 1. The van der Waals surface area contributed by atoms with Crippen LogP contribution in [0.25, 0.3) is 0 Å². The number of likely N-dealkylation sites (tertiary alicyclic amines) is 1. The van der Waals surface area contributed by atoms with Gasteiger partial charge in [-0.15, -0.1) is 11.8 Å². The van der Waals surface area contributed by atoms with Crippen LogP contribution in [0.15, 0.2) is 0 Å². The Bertz CT molecular complexity index is 511. The summed E-state index contributed by atoms with van der Waals surface area (Å²) < 4.78 is 5.81. The number of likely N-dealkylation sites (N-methyl/N-ethyl adjacent to an activating group) is 1. The zero-order valence-corrected chi connectivity index (χ0v) is 18.0. The summed E-state index contributed by atoms with van der Waals surface area (Å²) in [6, 6.07) is -1.20. The number of nitrogens with one attached hydrogen (secondary N) is 1. The fourth-order valence-electron chi connectivity index (χ4n) is 4.24. The highest BCUT2D eigenvalue weighted by atomic mass is 32.2. The third kappa shape index (κ3) is 5.38. The van der Waals surface area contributed by atoms with Crippen LogP contribution in [0.1, 0.15) is 40.0 Å². The average Bonchev–Trinajstić information content (AvgIpc) is 3.01. The smallest absolute Gasteiger partial charge is 0.237 e. The van der Waals surface area contributed by atoms with Crippen molar-refractivity contribution >= 4 is 17.7 Å². The topological polar surface area (TPSA) is 122 Å². The Morgan fingerprint density at radius 3 is 2.50 bits per heavy atom. The predicted octanol–water partition coefficient (Wildman–Crippen LogP) is -0.467. The Kier molecular flexibility index (Phi) is 9.00. The summed E-state index contributed by atoms with van der Waals surface area (Å²) >= 11 is 1.30. The molecule has 1 amide bonds. The van der Waals surface area contributed by atoms with Gasteiger partial charge in [0.1, 0.15) is 29.9 Å². The normalized spacial score (nSPS) is 38.9. The van der Waals surface area contributed by atoms with Crippen LogP contribution in [0.2, 0.25) is 0 Å². The molecule has 0 unspecified atom stereocenters. The van der Waals surface area contributed by atoms with Gasteiger partial charge in [0.2, 0.25) is 5.91 Å². The van der Waals surface area contributed by atoms with Gasteiger partial charge in [-0.3, -0.25) is 9.69 Å². The van der Waals surface area contributed by atoms with E-state index in [-0.39, 0.29) is 11.9 Å². The van der Waals surface area contributed by atoms with Crippen LogP contribution in [0, 0.1) is 5.92 Å². The van der Waals surface area contributed by atoms with E-state index < -0.39 is 42.0 Å². The van der Waals surface area contributed by atoms with Crippen molar-refractivity contribution < 1.29 is 30.0 Å². The molecule has 0 aromatic heterocycles. The van der Waals surface area contributed by atoms with Crippen LogP contribution in [-0.4, -0.2) is 98.6 Å². The molecule has 8 nitrogen and oxygen atoms in total. The van der Waals surface area contributed by atoms with Crippen LogP contribution in [0.3, 0.4) is 0 Å². The minimum absolute atomic E-state index is 0.219. The molecule has 2 rings (SSSR count). The number of amides is 1. The third-order valence-corrected chi connectivity index (χ3v) is 6.81. The summed E-state index contributed by atoms with van der Waals surface area (Å²) in [5, 5.41) is 43.9. The number of carbonyl (C=O) groups excluding carboxylic acids is 1. The van der Waals surface area contributed by atoms with E-state index in [2.05, 4.69) is 12.2 Å². The molecule has 2 fully saturated rings. The fraction of sp³-hybridized carbons (Fsp3) is 0.947. The molecule has 0 spiro atoms. The van der Waals surface area contributed by atoms with Gasteiger partial charge in [-0.1, -0.05) is 20.3 Å². The minimum Gasteiger partial charge on any atom is -0.391 e. The van der Waals surface area contributed by atoms with Crippen molar-refractivity contribution in [2.24, 2.45) is 5.92 Å². The lowest BCUT2D eigenvalue weighted by atomic mass is 9.92. The summed E-state index contributed by atoms with van der Waals surface area (Å²) in [5.74, 6) is 0.895. The summed E-state index contributed by atoms with van der Waals surface area (Å²) in [6.07, 6.45) is -3.20. The summed E-state index contributed by atoms with van der Waals surface area (Å²) in [4.78, 5) is 14.9. The molecule has 2 saturated heterocycles. The Morgan fingerprint density at radius 1 is 1.25 bits per heavy atom. The van der Waals surface area contributed by atoms with Crippen LogP contribution < -0.4 is 5.32 Å². The zero-order chi connectivity index (χ0) is 21.0. The highest BCUT2D eigenvalue weighted by Gasteiger charge is 2.48. The first kappa shape index (κ1) is 23.9. The molecule has 0 radical (unpaired) electrons. The summed E-state index contributed by atoms with van der Waals surface area (Å²) in [5.41, 5.74) is -0.741. The molecule has 2 heterocycles. The standard InChI is InChI=1S/C19H36N2O6S/c1-5-7-11-8-12(21(4)9-11)18(26)20-13(10(3)22)17-15(24)14(23)16(25)19(27-17)28-6-2/h10-17,19,22-25H,5-9H2,1-4H3,(H,20,26)/t10-,11-,12+,13-,14+,15-,16-,17-,19-/m1/s1. The molecule has 2 aliphatic heterocycles. The van der Waals surface area contributed by atoms with Crippen molar-refractivity contribution in [1.82, 2.24) is 10.2 Å². The molecule has 9 heteroatoms. The molecular weight excluding hydrogens is 384 g/mol. The number of carbonyl (C=O) groups is 1. The Hall–Kier alpha value is -0.420. The molecule has 2 aliphatic rings. The van der Waals surface area contributed by atoms with E-state index in [4.69, 9.17) is 4.74 Å². The largest absolute Gasteiger partial charge is 0.391 e. The highest BCUT2D eigenvalue weighted by molar-refractivity contribution is 7.99. The van der Waals surface area contributed by atoms with Gasteiger partial charge >= 0.3 is 0 Å². The van der Waals surface area contributed by atoms with E-state index in [1.165, 1.54) is 18.7 Å². The van der Waals surface area contributed by atoms with Crippen molar-refractivity contribution in [1.29, 1.82) is 0 Å². The maximum Gasteiger partial charge on any atom is 0.237 e. The molecule has 9 atom stereocenters. The van der Waals surface area contributed by atoms with E-state index in [0.29, 0.717) is 11.7 Å². The van der Waals surface area contributed by atoms with E-state index >= 15 is 0 Å². The van der Waals surface area contributed by atoms with Gasteiger partial charge in [0.15, 0.2) is 0 Å². The van der Waals surface area contributed by atoms with Crippen molar-refractivity contribution in [2.75, 3.05) is 19.3 Å². The second-order valence-corrected chi connectivity index (χ2v) is 9.39. The van der Waals surface area contributed by atoms with Gasteiger partial charge in [0.05, 0.1) is 18.2 Å². The molecule has 164 valence electrons. The maximum absolute atomic E-state index is 12.9. The molecule has 0 bridgehead atoms. The fourth-order valence-corrected chi connectivity index (χ4v) is 5.13. The first-order valence-corrected chi connectivity index (χ1v) is 11.3. The Balaban J connectivity index is 2.10. The Labute approximate surface area is 171 Å². The molecule has 0 aromatic carbocycles. The second-order valence-electron chi connectivity index (χ2n) is 8.02. The molecule has 5 N–H and O–H groups in total. The van der Waals surface area contributed by atoms with E-state index in [1.807, 2.05) is 18.9 Å². The van der Waals surface area contributed by atoms with Crippen LogP contribution >= 0.6 is 11.8 Å². The van der Waals surface area contributed by atoms with Gasteiger partial charge < -0.3 is 30.5 Å². The van der Waals surface area contributed by atoms with Gasteiger partial charge in [-0.05, 0) is 38.5 Å². The number of aliphatic hydroxyl groups is 4. The third-order valence-electron chi connectivity index (χ3n) is 5.75. The maximum atomic E-state index is 12.9. The van der Waals surface area contributed by atoms with Crippen molar-refractivity contribution in [2.45, 2.75) is 88.1 Å². The van der Waals surface area contributed by atoms with Crippen molar-refractivity contribution in [3.05, 3.63) is 0 Å². The van der Waals surface area contributed by atoms with Gasteiger partial charge in [0, 0.05) is 6.54 Å². The number of nitrogens with zero attached hydrogens (tertiary/aromatic N) is 1. The van der Waals surface area contributed by atoms with Gasteiger partial charge in [0.25, 0.3) is 0 Å². The molecule has 28 heavy (non-hydrogen) atoms. The molecular formula is C19H36N2O6S. The highest BCUT2D eigenvalue weighted by Crippen LogP contribution is 2.31. The average molecular weight is 421 g/mol. The Morgan fingerprint density at radius 2 is 1.93 bits per heavy atom. The number of aliphatic hydroxyl groups excluding tert-OH is 4. The van der Waals surface area contributed by atoms with Crippen molar-refractivity contribution in [3.8, 4) is 0 Å². The van der Waals surface area contributed by atoms with Crippen molar-refractivity contribution in [3.63, 3.8) is 0 Å². The number of rotatable bonds is 8. The quantitative estimate of drug-likeness (QED) is 0.357. The molecule has 0 saturated carbocycles. The lowest BCUT2D eigenvalue weighted by Gasteiger charge is -2.44. The lowest BCUT2D eigenvalue weighted by molar-refractivity contribution is -0.211. The minimum atomic E-state index is -1.42. The second kappa shape index (κ2) is 10.6. The zero-order valence-electron chi connectivity index (χ0n) is 17.2. The summed E-state index contributed by atoms with van der Waals surface area (Å²) in [7, 11) is 1.91. The van der Waals surface area contributed by atoms with Gasteiger partial charge in [-0.2, -0.15) is 0 Å². The van der Waals surface area contributed by atoms with Crippen LogP contribution in [0.5, 0.6) is 0 Å². The number of hydrogen-bond donors (Lipinski definition) is 5. The number of thioether (sulfide) groups is 1. The van der Waals surface area contributed by atoms with Crippen LogP contribution in [0.4, 0.5) is 0 Å². The van der Waals surface area contributed by atoms with Crippen LogP contribution in [-0.2, 0) is 9.53 Å². The van der Waals surface area contributed by atoms with E-state index in [9.17, 15) is 25.2 Å². The molecule has 0 aromatic rings. The van der Waals surface area contributed by atoms with E-state index in [1.54, 1.807) is 0 Å². The van der Waals surface area contributed by atoms with Gasteiger partial charge in [-0.25, -0.2) is 0 Å². The summed E-state index contributed by atoms with van der Waals surface area (Å²) in [6.45, 7) is 6.39. The first-order chi connectivity index (χ1) is 13.2. The monoisotopic (exact) mass is 420 g/mol. The number of hydrogen-bond acceptors (Lipinski definition) is 8. The van der Waals surface area contributed by atoms with E-state index in [0.717, 1.165) is 25.8 Å². The SMILES string of the molecule is CCC[C@@H]1C[C@@H](C(=O)N[C@@H]([C@H]2O[C@H](SCC)[C@H](O)[C@@H](O)[C@H]2O)[C@@H](C)O)N(C)C1. The lowest BCUT2D eigenvalue weighted by Crippen LogP contribution is -2.65. The predicted molar refractivity (Wildman–Crippen MR) is 108 cm³/mol. The molecule has 0 aliphatic carbocycles.